The van der Waals surface area contributed by atoms with Crippen molar-refractivity contribution in [2.45, 2.75) is 83.8 Å². The molecule has 0 saturated heterocycles. The van der Waals surface area contributed by atoms with Gasteiger partial charge >= 0.3 is 0 Å². The fraction of sp³-hybridized carbons (Fsp3) is 0.933. The van der Waals surface area contributed by atoms with Gasteiger partial charge in [-0.15, -0.1) is 0 Å². The highest BCUT2D eigenvalue weighted by molar-refractivity contribution is 5.76. The second-order valence-electron chi connectivity index (χ2n) is 5.23. The van der Waals surface area contributed by atoms with E-state index in [1.54, 1.807) is 0 Å². The largest absolute Gasteiger partial charge is 0.394 e. The third-order valence-corrected chi connectivity index (χ3v) is 3.34. The fourth-order valence-electron chi connectivity index (χ4n) is 2.10. The van der Waals surface area contributed by atoms with Crippen molar-refractivity contribution in [3.8, 4) is 0 Å². The molecule has 0 aromatic carbocycles. The van der Waals surface area contributed by atoms with E-state index in [9.17, 15) is 15.0 Å². The molecule has 0 spiro atoms. The van der Waals surface area contributed by atoms with Gasteiger partial charge in [0.05, 0.1) is 18.8 Å². The molecule has 2 unspecified atom stereocenters. The van der Waals surface area contributed by atoms with Crippen molar-refractivity contribution >= 4 is 5.91 Å². The van der Waals surface area contributed by atoms with Crippen molar-refractivity contribution in [1.29, 1.82) is 0 Å². The van der Waals surface area contributed by atoms with Gasteiger partial charge in [-0.05, 0) is 12.8 Å². The summed E-state index contributed by atoms with van der Waals surface area (Å²) in [4.78, 5) is 11.4. The molecule has 0 radical (unpaired) electrons. The standard InChI is InChI=1S/C15H31NO3/c1-3-5-6-7-8-9-11-14(18)13(12-17)16-15(19)10-4-2/h13-14,17-18H,3-12H2,1-2H3,(H,16,19). The molecule has 0 aliphatic heterocycles. The van der Waals surface area contributed by atoms with Gasteiger partial charge in [0.1, 0.15) is 0 Å². The van der Waals surface area contributed by atoms with Gasteiger partial charge in [-0.3, -0.25) is 4.79 Å². The maximum Gasteiger partial charge on any atom is 0.220 e. The number of amides is 1. The molecule has 0 bridgehead atoms. The van der Waals surface area contributed by atoms with Crippen LogP contribution >= 0.6 is 0 Å². The molecule has 3 N–H and O–H groups in total. The van der Waals surface area contributed by atoms with Gasteiger partial charge in [0.2, 0.25) is 5.91 Å². The van der Waals surface area contributed by atoms with Crippen LogP contribution in [0, 0.1) is 0 Å². The summed E-state index contributed by atoms with van der Waals surface area (Å²) >= 11 is 0. The average molecular weight is 273 g/mol. The smallest absolute Gasteiger partial charge is 0.220 e. The Kier molecular flexibility index (Phi) is 12.0. The van der Waals surface area contributed by atoms with E-state index >= 15 is 0 Å². The van der Waals surface area contributed by atoms with Crippen LogP contribution in [0.25, 0.3) is 0 Å². The van der Waals surface area contributed by atoms with Crippen LogP contribution in [0.2, 0.25) is 0 Å². The molecule has 0 aliphatic rings. The number of unbranched alkanes of at least 4 members (excludes halogenated alkanes) is 5. The van der Waals surface area contributed by atoms with E-state index in [2.05, 4.69) is 12.2 Å². The van der Waals surface area contributed by atoms with Crippen molar-refractivity contribution in [2.24, 2.45) is 0 Å². The molecule has 19 heavy (non-hydrogen) atoms. The van der Waals surface area contributed by atoms with E-state index in [0.717, 1.165) is 19.3 Å². The van der Waals surface area contributed by atoms with Gasteiger partial charge in [-0.2, -0.15) is 0 Å². The Morgan fingerprint density at radius 3 is 2.26 bits per heavy atom. The highest BCUT2D eigenvalue weighted by atomic mass is 16.3. The SMILES string of the molecule is CCCCCCCCC(O)C(CO)NC(=O)CCC. The zero-order valence-corrected chi connectivity index (χ0v) is 12.5. The Bertz CT molecular complexity index is 221. The van der Waals surface area contributed by atoms with Gasteiger partial charge in [0.25, 0.3) is 0 Å². The predicted molar refractivity (Wildman–Crippen MR) is 77.9 cm³/mol. The minimum atomic E-state index is -0.642. The first-order valence-electron chi connectivity index (χ1n) is 7.73. The highest BCUT2D eigenvalue weighted by Gasteiger charge is 2.19. The molecule has 4 nitrogen and oxygen atoms in total. The number of hydrogen-bond donors (Lipinski definition) is 3. The number of nitrogens with one attached hydrogen (secondary N) is 1. The van der Waals surface area contributed by atoms with Gasteiger partial charge in [0.15, 0.2) is 0 Å². The molecule has 0 heterocycles. The molecule has 2 atom stereocenters. The van der Waals surface area contributed by atoms with Gasteiger partial charge in [-0.1, -0.05) is 52.4 Å². The molecule has 1 amide bonds. The third kappa shape index (κ3) is 9.91. The van der Waals surface area contributed by atoms with Crippen molar-refractivity contribution in [3.05, 3.63) is 0 Å². The zero-order valence-electron chi connectivity index (χ0n) is 12.5. The number of carbonyl (C=O) groups excluding carboxylic acids is 1. The molecule has 0 aromatic rings. The van der Waals surface area contributed by atoms with Crippen LogP contribution in [0.5, 0.6) is 0 Å². The summed E-state index contributed by atoms with van der Waals surface area (Å²) in [5, 5.41) is 21.9. The Labute approximate surface area is 117 Å². The lowest BCUT2D eigenvalue weighted by atomic mass is 10.0. The third-order valence-electron chi connectivity index (χ3n) is 3.34. The van der Waals surface area contributed by atoms with Crippen LogP contribution in [0.4, 0.5) is 0 Å². The Balaban J connectivity index is 3.75. The molecule has 0 saturated carbocycles. The molecule has 114 valence electrons. The summed E-state index contributed by atoms with van der Waals surface area (Å²) in [5.41, 5.74) is 0. The van der Waals surface area contributed by atoms with Crippen molar-refractivity contribution in [3.63, 3.8) is 0 Å². The number of hydrogen-bond acceptors (Lipinski definition) is 3. The summed E-state index contributed by atoms with van der Waals surface area (Å²) in [5.74, 6) is -0.0939. The maximum absolute atomic E-state index is 11.4. The zero-order chi connectivity index (χ0) is 14.5. The molecule has 0 aliphatic carbocycles. The topological polar surface area (TPSA) is 69.6 Å². The van der Waals surface area contributed by atoms with Crippen molar-refractivity contribution in [2.75, 3.05) is 6.61 Å². The second kappa shape index (κ2) is 12.4. The van der Waals surface area contributed by atoms with Crippen LogP contribution in [0.3, 0.4) is 0 Å². The first-order valence-corrected chi connectivity index (χ1v) is 7.73. The summed E-state index contributed by atoms with van der Waals surface area (Å²) in [6, 6.07) is -0.519. The molecule has 0 aromatic heterocycles. The fourth-order valence-corrected chi connectivity index (χ4v) is 2.10. The summed E-state index contributed by atoms with van der Waals surface area (Å²) in [7, 11) is 0. The number of aliphatic hydroxyl groups excluding tert-OH is 2. The van der Waals surface area contributed by atoms with Crippen LogP contribution < -0.4 is 5.32 Å². The van der Waals surface area contributed by atoms with Crippen LogP contribution in [0.1, 0.15) is 71.6 Å². The summed E-state index contributed by atoms with van der Waals surface area (Å²) in [6.07, 6.45) is 8.24. The first kappa shape index (κ1) is 18.4. The maximum atomic E-state index is 11.4. The van der Waals surface area contributed by atoms with Gasteiger partial charge in [0, 0.05) is 6.42 Å². The molecule has 0 fully saturated rings. The van der Waals surface area contributed by atoms with Crippen molar-refractivity contribution < 1.29 is 15.0 Å². The lowest BCUT2D eigenvalue weighted by Crippen LogP contribution is -2.45. The number of carbonyl (C=O) groups is 1. The van der Waals surface area contributed by atoms with E-state index in [1.165, 1.54) is 25.7 Å². The normalized spacial score (nSPS) is 14.1. The summed E-state index contributed by atoms with van der Waals surface area (Å²) < 4.78 is 0. The van der Waals surface area contributed by atoms with Crippen molar-refractivity contribution in [1.82, 2.24) is 5.32 Å². The summed E-state index contributed by atoms with van der Waals surface area (Å²) in [6.45, 7) is 3.92. The second-order valence-corrected chi connectivity index (χ2v) is 5.23. The van der Waals surface area contributed by atoms with Crippen LogP contribution in [0.15, 0.2) is 0 Å². The van der Waals surface area contributed by atoms with Crippen LogP contribution in [-0.4, -0.2) is 34.9 Å². The molecule has 0 rings (SSSR count). The quantitative estimate of drug-likeness (QED) is 0.478. The number of rotatable bonds is 12. The van der Waals surface area contributed by atoms with E-state index in [1.807, 2.05) is 6.92 Å². The van der Waals surface area contributed by atoms with E-state index < -0.39 is 12.1 Å². The van der Waals surface area contributed by atoms with E-state index in [4.69, 9.17) is 0 Å². The molecule has 4 heteroatoms. The minimum Gasteiger partial charge on any atom is -0.394 e. The Hall–Kier alpha value is -0.610. The van der Waals surface area contributed by atoms with E-state index in [0.29, 0.717) is 12.8 Å². The lowest BCUT2D eigenvalue weighted by Gasteiger charge is -2.22. The average Bonchev–Trinajstić information content (AvgIpc) is 2.40. The van der Waals surface area contributed by atoms with Gasteiger partial charge < -0.3 is 15.5 Å². The first-order chi connectivity index (χ1) is 9.15. The molecular weight excluding hydrogens is 242 g/mol. The Morgan fingerprint density at radius 1 is 1.05 bits per heavy atom. The monoisotopic (exact) mass is 273 g/mol. The van der Waals surface area contributed by atoms with Gasteiger partial charge in [-0.25, -0.2) is 0 Å². The Morgan fingerprint density at radius 2 is 1.68 bits per heavy atom. The molecular formula is C15H31NO3. The lowest BCUT2D eigenvalue weighted by molar-refractivity contribution is -0.123. The predicted octanol–water partition coefficient (Wildman–Crippen LogP) is 2.38. The van der Waals surface area contributed by atoms with Crippen LogP contribution in [-0.2, 0) is 4.79 Å². The minimum absolute atomic E-state index is 0.0939. The number of aliphatic hydroxyl groups is 2. The highest BCUT2D eigenvalue weighted by Crippen LogP contribution is 2.10. The van der Waals surface area contributed by atoms with E-state index in [-0.39, 0.29) is 12.5 Å².